The average molecular weight is 392 g/mol. The average Bonchev–Trinajstić information content (AvgIpc) is 2.62. The van der Waals surface area contributed by atoms with Gasteiger partial charge in [0.2, 0.25) is 0 Å². The molecule has 2 aromatic carbocycles. The van der Waals surface area contributed by atoms with Crippen molar-refractivity contribution in [3.63, 3.8) is 0 Å². The van der Waals surface area contributed by atoms with Crippen molar-refractivity contribution in [1.29, 1.82) is 0 Å². The van der Waals surface area contributed by atoms with Gasteiger partial charge >= 0.3 is 6.36 Å². The maximum atomic E-state index is 12.3. The third-order valence-electron chi connectivity index (χ3n) is 3.47. The van der Waals surface area contributed by atoms with Crippen molar-refractivity contribution in [3.8, 4) is 17.2 Å². The molecule has 0 saturated carbocycles. The minimum absolute atomic E-state index is 0.285. The van der Waals surface area contributed by atoms with Gasteiger partial charge in [-0.1, -0.05) is 6.07 Å². The number of hydrogen-bond acceptors (Lipinski definition) is 5. The quantitative estimate of drug-likeness (QED) is 0.530. The van der Waals surface area contributed by atoms with Crippen molar-refractivity contribution in [1.82, 2.24) is 4.98 Å². The van der Waals surface area contributed by atoms with Gasteiger partial charge in [-0.15, -0.1) is 25.8 Å². The van der Waals surface area contributed by atoms with E-state index >= 15 is 0 Å². The normalized spacial score (nSPS) is 11.1. The molecule has 3 aromatic rings. The lowest BCUT2D eigenvalue weighted by molar-refractivity contribution is -0.274. The van der Waals surface area contributed by atoms with Gasteiger partial charge in [-0.05, 0) is 48.0 Å². The van der Waals surface area contributed by atoms with E-state index < -0.39 is 6.36 Å². The molecule has 8 heteroatoms. The number of aromatic nitrogens is 1. The van der Waals surface area contributed by atoms with E-state index in [9.17, 15) is 13.2 Å². The topological polar surface area (TPSA) is 43.4 Å². The Balaban J connectivity index is 1.69. The van der Waals surface area contributed by atoms with E-state index in [1.165, 1.54) is 18.2 Å². The molecule has 0 radical (unpaired) electrons. The first kappa shape index (κ1) is 18.9. The van der Waals surface area contributed by atoms with Crippen LogP contribution in [-0.4, -0.2) is 11.3 Å². The van der Waals surface area contributed by atoms with Gasteiger partial charge in [0.25, 0.3) is 0 Å². The molecule has 0 saturated heterocycles. The van der Waals surface area contributed by atoms with Crippen LogP contribution in [0.25, 0.3) is 0 Å². The molecular formula is C19H15F3N2O2S. The highest BCUT2D eigenvalue weighted by Crippen LogP contribution is 2.28. The Morgan fingerprint density at radius 3 is 2.52 bits per heavy atom. The molecule has 0 fully saturated rings. The van der Waals surface area contributed by atoms with E-state index in [1.807, 2.05) is 0 Å². The lowest BCUT2D eigenvalue weighted by atomic mass is 10.2. The number of pyridine rings is 1. The summed E-state index contributed by atoms with van der Waals surface area (Å²) in [5.74, 6) is 0.916. The van der Waals surface area contributed by atoms with Gasteiger partial charge in [-0.25, -0.2) is 0 Å². The van der Waals surface area contributed by atoms with E-state index in [-0.39, 0.29) is 5.75 Å². The summed E-state index contributed by atoms with van der Waals surface area (Å²) in [6.07, 6.45) is -1.48. The van der Waals surface area contributed by atoms with Gasteiger partial charge in [0.15, 0.2) is 0 Å². The number of anilines is 1. The molecule has 27 heavy (non-hydrogen) atoms. The molecule has 3 rings (SSSR count). The highest BCUT2D eigenvalue weighted by atomic mass is 32.1. The Bertz CT molecular complexity index is 905. The summed E-state index contributed by atoms with van der Waals surface area (Å²) in [4.78, 5) is 4.71. The second kappa shape index (κ2) is 8.22. The summed E-state index contributed by atoms with van der Waals surface area (Å²) in [5, 5.41) is 3.05. The molecule has 0 aliphatic rings. The second-order valence-corrected chi connectivity index (χ2v) is 5.99. The van der Waals surface area contributed by atoms with Crippen molar-refractivity contribution in [2.24, 2.45) is 0 Å². The zero-order chi connectivity index (χ0) is 19.3. The Kier molecular flexibility index (Phi) is 5.75. The number of hydrogen-bond donors (Lipinski definition) is 2. The highest BCUT2D eigenvalue weighted by molar-refractivity contribution is 7.80. The molecule has 0 atom stereocenters. The predicted molar refractivity (Wildman–Crippen MR) is 98.5 cm³/mol. The fraction of sp³-hybridized carbons (Fsp3) is 0.105. The SMILES string of the molecule is FC(F)(F)Oc1cccc(NCc2cc(Oc3cccnc3)ccc2S)c1. The summed E-state index contributed by atoms with van der Waals surface area (Å²) < 4.78 is 46.6. The Hall–Kier alpha value is -2.87. The zero-order valence-corrected chi connectivity index (χ0v) is 14.8. The van der Waals surface area contributed by atoms with Gasteiger partial charge in [-0.3, -0.25) is 4.98 Å². The van der Waals surface area contributed by atoms with Crippen LogP contribution in [0, 0.1) is 0 Å². The van der Waals surface area contributed by atoms with Gasteiger partial charge < -0.3 is 14.8 Å². The first-order chi connectivity index (χ1) is 12.9. The molecule has 1 N–H and O–H groups in total. The summed E-state index contributed by atoms with van der Waals surface area (Å²) in [6.45, 7) is 0.346. The van der Waals surface area contributed by atoms with Crippen molar-refractivity contribution in [3.05, 3.63) is 72.6 Å². The summed E-state index contributed by atoms with van der Waals surface area (Å²) in [7, 11) is 0. The van der Waals surface area contributed by atoms with Crippen LogP contribution < -0.4 is 14.8 Å². The van der Waals surface area contributed by atoms with Crippen LogP contribution in [-0.2, 0) is 6.54 Å². The highest BCUT2D eigenvalue weighted by Gasteiger charge is 2.31. The largest absolute Gasteiger partial charge is 0.573 e. The summed E-state index contributed by atoms with van der Waals surface area (Å²) >= 11 is 4.41. The number of alkyl halides is 3. The minimum Gasteiger partial charge on any atom is -0.456 e. The predicted octanol–water partition coefficient (Wildman–Crippen LogP) is 5.67. The number of nitrogens with one attached hydrogen (secondary N) is 1. The van der Waals surface area contributed by atoms with Gasteiger partial charge in [0.05, 0.1) is 6.20 Å². The van der Waals surface area contributed by atoms with Crippen molar-refractivity contribution >= 4 is 18.3 Å². The van der Waals surface area contributed by atoms with Crippen LogP contribution in [0.4, 0.5) is 18.9 Å². The zero-order valence-electron chi connectivity index (χ0n) is 13.9. The molecule has 4 nitrogen and oxygen atoms in total. The van der Waals surface area contributed by atoms with Gasteiger partial charge in [0.1, 0.15) is 17.2 Å². The second-order valence-electron chi connectivity index (χ2n) is 5.51. The van der Waals surface area contributed by atoms with Crippen LogP contribution in [0.15, 0.2) is 71.9 Å². The molecule has 0 amide bonds. The smallest absolute Gasteiger partial charge is 0.456 e. The molecule has 0 unspecified atom stereocenters. The van der Waals surface area contributed by atoms with E-state index in [2.05, 4.69) is 27.7 Å². The molecule has 1 aromatic heterocycles. The fourth-order valence-corrected chi connectivity index (χ4v) is 2.53. The van der Waals surface area contributed by atoms with Crippen molar-refractivity contribution in [2.75, 3.05) is 5.32 Å². The van der Waals surface area contributed by atoms with Crippen LogP contribution >= 0.6 is 12.6 Å². The fourth-order valence-electron chi connectivity index (χ4n) is 2.31. The molecule has 0 aliphatic heterocycles. The molecule has 140 valence electrons. The third-order valence-corrected chi connectivity index (χ3v) is 3.91. The van der Waals surface area contributed by atoms with Crippen molar-refractivity contribution in [2.45, 2.75) is 17.8 Å². The Morgan fingerprint density at radius 1 is 0.963 bits per heavy atom. The monoisotopic (exact) mass is 392 g/mol. The summed E-state index contributed by atoms with van der Waals surface area (Å²) in [6, 6.07) is 14.6. The minimum atomic E-state index is -4.73. The van der Waals surface area contributed by atoms with E-state index in [0.717, 1.165) is 10.5 Å². The molecular weight excluding hydrogens is 377 g/mol. The van der Waals surface area contributed by atoms with Gasteiger partial charge in [-0.2, -0.15) is 0 Å². The van der Waals surface area contributed by atoms with Crippen molar-refractivity contribution < 1.29 is 22.6 Å². The number of halogens is 3. The maximum Gasteiger partial charge on any atom is 0.573 e. The van der Waals surface area contributed by atoms with E-state index in [1.54, 1.807) is 48.8 Å². The molecule has 0 aliphatic carbocycles. The number of ether oxygens (including phenoxy) is 2. The number of nitrogens with zero attached hydrogens (tertiary/aromatic N) is 1. The van der Waals surface area contributed by atoms with Crippen LogP contribution in [0.5, 0.6) is 17.2 Å². The first-order valence-corrected chi connectivity index (χ1v) is 8.33. The lowest BCUT2D eigenvalue weighted by Crippen LogP contribution is -2.17. The van der Waals surface area contributed by atoms with Crippen LogP contribution in [0.3, 0.4) is 0 Å². The van der Waals surface area contributed by atoms with Crippen LogP contribution in [0.1, 0.15) is 5.56 Å². The molecule has 1 heterocycles. The number of rotatable bonds is 6. The standard InChI is InChI=1S/C19H15F3N2O2S/c20-19(21,22)26-16-4-1-3-14(10-16)24-11-13-9-15(6-7-18(13)27)25-17-5-2-8-23-12-17/h1-10,12,24,27H,11H2. The lowest BCUT2D eigenvalue weighted by Gasteiger charge is -2.13. The Labute approximate surface area is 159 Å². The Morgan fingerprint density at radius 2 is 1.78 bits per heavy atom. The van der Waals surface area contributed by atoms with E-state index in [4.69, 9.17) is 4.74 Å². The van der Waals surface area contributed by atoms with E-state index in [0.29, 0.717) is 23.7 Å². The molecule has 0 bridgehead atoms. The number of thiol groups is 1. The number of benzene rings is 2. The maximum absolute atomic E-state index is 12.3. The molecule has 0 spiro atoms. The van der Waals surface area contributed by atoms with Gasteiger partial charge in [0, 0.05) is 29.4 Å². The first-order valence-electron chi connectivity index (χ1n) is 7.88. The van der Waals surface area contributed by atoms with Crippen LogP contribution in [0.2, 0.25) is 0 Å². The third kappa shape index (κ3) is 5.82. The summed E-state index contributed by atoms with van der Waals surface area (Å²) in [5.41, 5.74) is 1.31.